The Kier molecular flexibility index (Phi) is 5.14. The summed E-state index contributed by atoms with van der Waals surface area (Å²) >= 11 is 0. The van der Waals surface area contributed by atoms with Crippen molar-refractivity contribution in [1.29, 1.82) is 0 Å². The van der Waals surface area contributed by atoms with Crippen LogP contribution in [0, 0.1) is 0 Å². The van der Waals surface area contributed by atoms with Gasteiger partial charge < -0.3 is 18.4 Å². The minimum atomic E-state index is -4.44. The molecule has 0 saturated heterocycles. The maximum Gasteiger partial charge on any atom is 1.00 e. The van der Waals surface area contributed by atoms with Crippen molar-refractivity contribution in [2.75, 3.05) is 7.11 Å². The van der Waals surface area contributed by atoms with E-state index in [1.54, 1.807) is 0 Å². The zero-order valence-electron chi connectivity index (χ0n) is 7.22. The second kappa shape index (κ2) is 5.10. The van der Waals surface area contributed by atoms with E-state index in [0.717, 1.165) is 7.11 Å². The molecule has 0 radical (unpaired) electrons. The summed E-state index contributed by atoms with van der Waals surface area (Å²) in [6.45, 7) is 0. The second-order valence-corrected chi connectivity index (χ2v) is 3.73. The summed E-state index contributed by atoms with van der Waals surface area (Å²) in [4.78, 5) is 21.8. The summed E-state index contributed by atoms with van der Waals surface area (Å²) in [6, 6.07) is 2.68. The van der Waals surface area contributed by atoms with E-state index < -0.39 is 13.1 Å². The summed E-state index contributed by atoms with van der Waals surface area (Å²) in [5.74, 6) is -0.241. The van der Waals surface area contributed by atoms with Crippen molar-refractivity contribution in [3.05, 3.63) is 24.2 Å². The summed E-state index contributed by atoms with van der Waals surface area (Å²) in [5, 5.41) is 0. The molecule has 0 N–H and O–H groups in total. The first kappa shape index (κ1) is 13.1. The van der Waals surface area contributed by atoms with Crippen LogP contribution in [-0.2, 0) is 9.09 Å². The fourth-order valence-corrected chi connectivity index (χ4v) is 1.18. The molecule has 1 atom stereocenters. The Morgan fingerprint density at radius 2 is 2.31 bits per heavy atom. The molecule has 7 heteroatoms. The molecule has 0 saturated carbocycles. The Bertz CT molecular complexity index is 320. The molecule has 5 nitrogen and oxygen atoms in total. The van der Waals surface area contributed by atoms with E-state index in [0.29, 0.717) is 0 Å². The molecule has 0 bridgehead atoms. The number of hydrogen-bond acceptors (Lipinski definition) is 5. The number of hydrogen-bond donors (Lipinski definition) is 0. The van der Waals surface area contributed by atoms with Crippen LogP contribution in [-0.4, -0.2) is 12.6 Å². The van der Waals surface area contributed by atoms with Crippen LogP contribution < -0.4 is 34.5 Å². The van der Waals surface area contributed by atoms with Crippen molar-refractivity contribution in [2.24, 2.45) is 0 Å². The average molecular weight is 212 g/mol. The van der Waals surface area contributed by atoms with Gasteiger partial charge in [-0.2, -0.15) is 0 Å². The standard InChI is InChI=1S/C6H7O5P.Na/c1-10-12(8,9)6(7)5-3-2-4-11-5;/h2-4H,1H3,(H,8,9);/q;+1/p-1. The molecule has 0 aliphatic heterocycles. The second-order valence-electron chi connectivity index (χ2n) is 1.96. The molecule has 0 aromatic carbocycles. The summed E-state index contributed by atoms with van der Waals surface area (Å²) in [5.41, 5.74) is -1.14. The molecule has 0 aliphatic carbocycles. The molecule has 0 spiro atoms. The van der Waals surface area contributed by atoms with Crippen LogP contribution >= 0.6 is 7.60 Å². The maximum absolute atomic E-state index is 11.0. The van der Waals surface area contributed by atoms with E-state index in [1.165, 1.54) is 18.4 Å². The zero-order chi connectivity index (χ0) is 9.19. The van der Waals surface area contributed by atoms with Crippen LogP contribution in [0.3, 0.4) is 0 Å². The van der Waals surface area contributed by atoms with Crippen LogP contribution in [0.15, 0.2) is 22.8 Å². The number of furan rings is 1. The van der Waals surface area contributed by atoms with Gasteiger partial charge in [0.1, 0.15) is 0 Å². The maximum atomic E-state index is 11.0. The van der Waals surface area contributed by atoms with Gasteiger partial charge in [-0.3, -0.25) is 4.79 Å². The molecule has 0 aliphatic rings. The van der Waals surface area contributed by atoms with E-state index in [2.05, 4.69) is 8.94 Å². The molecule has 1 aromatic rings. The Morgan fingerprint density at radius 3 is 2.69 bits per heavy atom. The van der Waals surface area contributed by atoms with Gasteiger partial charge in [-0.1, -0.05) is 0 Å². The fraction of sp³-hybridized carbons (Fsp3) is 0.167. The van der Waals surface area contributed by atoms with Gasteiger partial charge in [0.25, 0.3) is 5.52 Å². The summed E-state index contributed by atoms with van der Waals surface area (Å²) < 4.78 is 19.4. The minimum Gasteiger partial charge on any atom is -0.773 e. The van der Waals surface area contributed by atoms with E-state index >= 15 is 0 Å². The Balaban J connectivity index is 0.00000144. The number of rotatable bonds is 3. The molecule has 66 valence electrons. The quantitative estimate of drug-likeness (QED) is 0.413. The zero-order valence-corrected chi connectivity index (χ0v) is 10.1. The van der Waals surface area contributed by atoms with Gasteiger partial charge in [0, 0.05) is 7.11 Å². The molecule has 1 heterocycles. The first-order valence-corrected chi connectivity index (χ1v) is 4.57. The number of carbonyl (C=O) groups excluding carboxylic acids is 1. The van der Waals surface area contributed by atoms with Crippen molar-refractivity contribution in [1.82, 2.24) is 0 Å². The van der Waals surface area contributed by atoms with E-state index in [-0.39, 0.29) is 35.3 Å². The minimum absolute atomic E-state index is 0. The van der Waals surface area contributed by atoms with Crippen molar-refractivity contribution in [3.63, 3.8) is 0 Å². The van der Waals surface area contributed by atoms with Crippen LogP contribution in [0.1, 0.15) is 10.6 Å². The normalized spacial score (nSPS) is 14.3. The Morgan fingerprint density at radius 1 is 1.69 bits per heavy atom. The first-order chi connectivity index (χ1) is 5.58. The Hall–Kier alpha value is 0.1000. The topological polar surface area (TPSA) is 79.6 Å². The van der Waals surface area contributed by atoms with E-state index in [4.69, 9.17) is 0 Å². The predicted octanol–water partition coefficient (Wildman–Crippen LogP) is -2.38. The SMILES string of the molecule is COP(=O)([O-])C(=O)c1ccco1.[Na+]. The fourth-order valence-electron chi connectivity index (χ4n) is 0.618. The van der Waals surface area contributed by atoms with Crippen LogP contribution in [0.25, 0.3) is 0 Å². The van der Waals surface area contributed by atoms with Crippen molar-refractivity contribution in [2.45, 2.75) is 0 Å². The van der Waals surface area contributed by atoms with Gasteiger partial charge in [0.15, 0.2) is 5.76 Å². The molecule has 1 unspecified atom stereocenters. The van der Waals surface area contributed by atoms with Crippen LogP contribution in [0.4, 0.5) is 0 Å². The predicted molar refractivity (Wildman–Crippen MR) is 37.7 cm³/mol. The third-order valence-corrected chi connectivity index (χ3v) is 2.42. The smallest absolute Gasteiger partial charge is 0.773 e. The summed E-state index contributed by atoms with van der Waals surface area (Å²) in [7, 11) is -3.51. The monoisotopic (exact) mass is 212 g/mol. The van der Waals surface area contributed by atoms with Gasteiger partial charge in [-0.05, 0) is 12.1 Å². The average Bonchev–Trinajstić information content (AvgIpc) is 2.55. The molecule has 1 rings (SSSR count). The molecular weight excluding hydrogens is 206 g/mol. The van der Waals surface area contributed by atoms with E-state index in [9.17, 15) is 14.3 Å². The third-order valence-electron chi connectivity index (χ3n) is 1.22. The van der Waals surface area contributed by atoms with Gasteiger partial charge in [-0.15, -0.1) is 0 Å². The van der Waals surface area contributed by atoms with Crippen molar-refractivity contribution < 1.29 is 52.8 Å². The molecular formula is C6H6NaO5P. The number of carbonyl (C=O) groups is 1. The van der Waals surface area contributed by atoms with Crippen molar-refractivity contribution in [3.8, 4) is 0 Å². The first-order valence-electron chi connectivity index (χ1n) is 3.03. The van der Waals surface area contributed by atoms with Crippen LogP contribution in [0.5, 0.6) is 0 Å². The molecule has 0 amide bonds. The van der Waals surface area contributed by atoms with Crippen molar-refractivity contribution >= 4 is 13.1 Å². The summed E-state index contributed by atoms with van der Waals surface area (Å²) in [6.07, 6.45) is 1.21. The van der Waals surface area contributed by atoms with Crippen LogP contribution in [0.2, 0.25) is 0 Å². The molecule has 1 aromatic heterocycles. The van der Waals surface area contributed by atoms with Gasteiger partial charge in [0.05, 0.1) is 6.26 Å². The molecule has 13 heavy (non-hydrogen) atoms. The Labute approximate surface area is 96.9 Å². The third kappa shape index (κ3) is 3.06. The van der Waals surface area contributed by atoms with Gasteiger partial charge in [0.2, 0.25) is 7.60 Å². The van der Waals surface area contributed by atoms with Gasteiger partial charge >= 0.3 is 29.6 Å². The molecule has 0 fully saturated rings. The largest absolute Gasteiger partial charge is 1.00 e. The van der Waals surface area contributed by atoms with E-state index in [1.807, 2.05) is 0 Å². The van der Waals surface area contributed by atoms with Gasteiger partial charge in [-0.25, -0.2) is 0 Å².